The number of anilines is 1. The number of aromatic nitrogens is 4. The van der Waals surface area contributed by atoms with Gasteiger partial charge < -0.3 is 4.90 Å². The molecular formula is C17H22N6OS. The van der Waals surface area contributed by atoms with Crippen molar-refractivity contribution in [3.05, 3.63) is 35.5 Å². The zero-order valence-corrected chi connectivity index (χ0v) is 15.7. The van der Waals surface area contributed by atoms with E-state index in [-0.39, 0.29) is 6.03 Å². The zero-order valence-electron chi connectivity index (χ0n) is 14.9. The third kappa shape index (κ3) is 4.14. The first kappa shape index (κ1) is 17.3. The number of rotatable bonds is 5. The molecule has 2 aromatic heterocycles. The molecule has 0 aliphatic heterocycles. The van der Waals surface area contributed by atoms with Crippen LogP contribution in [-0.4, -0.2) is 36.5 Å². The zero-order chi connectivity index (χ0) is 18.0. The second-order valence-corrected chi connectivity index (χ2v) is 7.15. The van der Waals surface area contributed by atoms with Crippen LogP contribution in [0.4, 0.5) is 10.6 Å². The topological polar surface area (TPSA) is 75.9 Å². The quantitative estimate of drug-likeness (QED) is 0.757. The lowest BCUT2D eigenvalue weighted by Gasteiger charge is -2.19. The van der Waals surface area contributed by atoms with Crippen molar-refractivity contribution in [2.24, 2.45) is 5.92 Å². The molecule has 0 fully saturated rings. The fraction of sp³-hybridized carbons (Fsp3) is 0.412. The van der Waals surface area contributed by atoms with Crippen LogP contribution >= 0.6 is 11.7 Å². The van der Waals surface area contributed by atoms with Crippen molar-refractivity contribution < 1.29 is 4.79 Å². The molecule has 7 nitrogen and oxygen atoms in total. The Morgan fingerprint density at radius 1 is 1.28 bits per heavy atom. The van der Waals surface area contributed by atoms with Gasteiger partial charge in [-0.05, 0) is 30.5 Å². The Morgan fingerprint density at radius 2 is 2.04 bits per heavy atom. The van der Waals surface area contributed by atoms with Gasteiger partial charge in [0.15, 0.2) is 0 Å². The van der Waals surface area contributed by atoms with Gasteiger partial charge in [-0.25, -0.2) is 9.48 Å². The minimum absolute atomic E-state index is 0.165. The molecular weight excluding hydrogens is 336 g/mol. The Morgan fingerprint density at radius 3 is 2.80 bits per heavy atom. The van der Waals surface area contributed by atoms with Crippen LogP contribution in [-0.2, 0) is 13.1 Å². The molecule has 0 atom stereocenters. The van der Waals surface area contributed by atoms with E-state index < -0.39 is 0 Å². The number of amides is 2. The lowest BCUT2D eigenvalue weighted by atomic mass is 10.2. The van der Waals surface area contributed by atoms with Gasteiger partial charge in [0, 0.05) is 26.2 Å². The van der Waals surface area contributed by atoms with Gasteiger partial charge in [0.05, 0.1) is 17.4 Å². The predicted molar refractivity (Wildman–Crippen MR) is 99.7 cm³/mol. The van der Waals surface area contributed by atoms with Crippen LogP contribution in [0.15, 0.2) is 24.3 Å². The monoisotopic (exact) mass is 358 g/mol. The van der Waals surface area contributed by atoms with E-state index in [1.165, 1.54) is 11.7 Å². The number of hydrogen-bond donors (Lipinski definition) is 1. The van der Waals surface area contributed by atoms with Gasteiger partial charge in [-0.2, -0.15) is 13.8 Å². The Kier molecular flexibility index (Phi) is 4.98. The maximum Gasteiger partial charge on any atom is 0.323 e. The highest BCUT2D eigenvalue weighted by Crippen LogP contribution is 2.16. The summed E-state index contributed by atoms with van der Waals surface area (Å²) in [5.74, 6) is 1.17. The molecule has 25 heavy (non-hydrogen) atoms. The first-order chi connectivity index (χ1) is 11.9. The summed E-state index contributed by atoms with van der Waals surface area (Å²) in [5.41, 5.74) is 3.65. The fourth-order valence-corrected chi connectivity index (χ4v) is 3.13. The van der Waals surface area contributed by atoms with Crippen molar-refractivity contribution in [3.63, 3.8) is 0 Å². The van der Waals surface area contributed by atoms with Crippen LogP contribution in [0.5, 0.6) is 0 Å². The lowest BCUT2D eigenvalue weighted by molar-refractivity contribution is 0.220. The second kappa shape index (κ2) is 7.18. The summed E-state index contributed by atoms with van der Waals surface area (Å²) < 4.78 is 10.3. The second-order valence-electron chi connectivity index (χ2n) is 6.62. The molecule has 8 heteroatoms. The first-order valence-electron chi connectivity index (χ1n) is 8.20. The predicted octanol–water partition coefficient (Wildman–Crippen LogP) is 3.52. The molecule has 1 N–H and O–H groups in total. The van der Waals surface area contributed by atoms with E-state index in [2.05, 4.69) is 33.0 Å². The van der Waals surface area contributed by atoms with E-state index in [0.717, 1.165) is 34.7 Å². The van der Waals surface area contributed by atoms with Gasteiger partial charge in [-0.1, -0.05) is 19.9 Å². The van der Waals surface area contributed by atoms with Crippen molar-refractivity contribution >= 4 is 34.6 Å². The molecule has 2 amide bonds. The van der Waals surface area contributed by atoms with Gasteiger partial charge in [0.25, 0.3) is 0 Å². The van der Waals surface area contributed by atoms with Gasteiger partial charge in [-0.3, -0.25) is 5.32 Å². The van der Waals surface area contributed by atoms with Gasteiger partial charge in [-0.15, -0.1) is 0 Å². The van der Waals surface area contributed by atoms with Crippen molar-refractivity contribution in [1.82, 2.24) is 23.4 Å². The SMILES string of the molecule is Cc1cc(NC(=O)N(C)Cc2ccc3nsnc3c2)n(CC(C)C)n1. The molecule has 1 aromatic carbocycles. The summed E-state index contributed by atoms with van der Waals surface area (Å²) in [6.45, 7) is 7.43. The van der Waals surface area contributed by atoms with Crippen molar-refractivity contribution in [3.8, 4) is 0 Å². The number of nitrogens with one attached hydrogen (secondary N) is 1. The number of carbonyl (C=O) groups excluding carboxylic acids is 1. The first-order valence-corrected chi connectivity index (χ1v) is 8.93. The number of nitrogens with zero attached hydrogens (tertiary/aromatic N) is 5. The normalized spacial score (nSPS) is 11.2. The Bertz CT molecular complexity index is 884. The minimum Gasteiger partial charge on any atom is -0.323 e. The molecule has 0 radical (unpaired) electrons. The van der Waals surface area contributed by atoms with E-state index >= 15 is 0 Å². The van der Waals surface area contributed by atoms with E-state index in [1.807, 2.05) is 35.9 Å². The van der Waals surface area contributed by atoms with E-state index in [0.29, 0.717) is 12.5 Å². The Balaban J connectivity index is 1.68. The number of aryl methyl sites for hydroxylation is 1. The Labute approximate surface area is 151 Å². The number of fused-ring (bicyclic) bond motifs is 1. The van der Waals surface area contributed by atoms with Gasteiger partial charge in [0.2, 0.25) is 0 Å². The average Bonchev–Trinajstić information content (AvgIpc) is 3.13. The number of benzene rings is 1. The average molecular weight is 358 g/mol. The van der Waals surface area contributed by atoms with Crippen LogP contribution in [0.25, 0.3) is 11.0 Å². The highest BCUT2D eigenvalue weighted by Gasteiger charge is 2.14. The number of carbonyl (C=O) groups is 1. The van der Waals surface area contributed by atoms with Crippen LogP contribution in [0.3, 0.4) is 0 Å². The van der Waals surface area contributed by atoms with Crippen LogP contribution in [0.2, 0.25) is 0 Å². The van der Waals surface area contributed by atoms with E-state index in [4.69, 9.17) is 0 Å². The number of hydrogen-bond acceptors (Lipinski definition) is 5. The summed E-state index contributed by atoms with van der Waals surface area (Å²) in [6, 6.07) is 7.60. The standard InChI is InChI=1S/C17H22N6OS/c1-11(2)9-23-16(7-12(3)19-23)18-17(24)22(4)10-13-5-6-14-15(8-13)21-25-20-14/h5-8,11H,9-10H2,1-4H3,(H,18,24). The van der Waals surface area contributed by atoms with Gasteiger partial charge in [0.1, 0.15) is 16.9 Å². The molecule has 0 unspecified atom stereocenters. The lowest BCUT2D eigenvalue weighted by Crippen LogP contribution is -2.31. The maximum atomic E-state index is 12.5. The fourth-order valence-electron chi connectivity index (χ4n) is 2.61. The molecule has 0 bridgehead atoms. The third-order valence-electron chi connectivity index (χ3n) is 3.76. The smallest absolute Gasteiger partial charge is 0.323 e. The maximum absolute atomic E-state index is 12.5. The highest BCUT2D eigenvalue weighted by atomic mass is 32.1. The molecule has 3 rings (SSSR count). The molecule has 0 aliphatic carbocycles. The Hall–Kier alpha value is -2.48. The van der Waals surface area contributed by atoms with Crippen molar-refractivity contribution in [2.45, 2.75) is 33.9 Å². The summed E-state index contributed by atoms with van der Waals surface area (Å²) in [5, 5.41) is 7.40. The molecule has 0 saturated carbocycles. The molecule has 132 valence electrons. The van der Waals surface area contributed by atoms with E-state index in [1.54, 1.807) is 11.9 Å². The minimum atomic E-state index is -0.165. The highest BCUT2D eigenvalue weighted by molar-refractivity contribution is 7.00. The molecule has 2 heterocycles. The third-order valence-corrected chi connectivity index (χ3v) is 4.32. The molecule has 0 spiro atoms. The van der Waals surface area contributed by atoms with Crippen molar-refractivity contribution in [2.75, 3.05) is 12.4 Å². The molecule has 3 aromatic rings. The molecule has 0 saturated heterocycles. The van der Waals surface area contributed by atoms with Crippen LogP contribution in [0.1, 0.15) is 25.1 Å². The summed E-state index contributed by atoms with van der Waals surface area (Å²) in [7, 11) is 1.77. The molecule has 0 aliphatic rings. The van der Waals surface area contributed by atoms with E-state index in [9.17, 15) is 4.79 Å². The van der Waals surface area contributed by atoms with Crippen molar-refractivity contribution in [1.29, 1.82) is 0 Å². The summed E-state index contributed by atoms with van der Waals surface area (Å²) in [6.07, 6.45) is 0. The number of urea groups is 1. The van der Waals surface area contributed by atoms with Crippen LogP contribution in [0, 0.1) is 12.8 Å². The van der Waals surface area contributed by atoms with Crippen LogP contribution < -0.4 is 5.32 Å². The largest absolute Gasteiger partial charge is 0.323 e. The summed E-state index contributed by atoms with van der Waals surface area (Å²) in [4.78, 5) is 14.2. The van der Waals surface area contributed by atoms with Gasteiger partial charge >= 0.3 is 6.03 Å². The summed E-state index contributed by atoms with van der Waals surface area (Å²) >= 11 is 1.19.